The lowest BCUT2D eigenvalue weighted by Crippen LogP contribution is -2.45. The molecule has 0 saturated heterocycles. The van der Waals surface area contributed by atoms with E-state index in [0.717, 1.165) is 19.4 Å². The summed E-state index contributed by atoms with van der Waals surface area (Å²) in [5.74, 6) is 0.0790. The summed E-state index contributed by atoms with van der Waals surface area (Å²) in [6.45, 7) is 1.51. The fourth-order valence-electron chi connectivity index (χ4n) is 2.17. The summed E-state index contributed by atoms with van der Waals surface area (Å²) < 4.78 is 0. The summed E-state index contributed by atoms with van der Waals surface area (Å²) in [6, 6.07) is 9.78. The first kappa shape index (κ1) is 12.8. The molecule has 2 N–H and O–H groups in total. The normalized spacial score (nSPS) is 16.6. The van der Waals surface area contributed by atoms with Gasteiger partial charge >= 0.3 is 0 Å². The summed E-state index contributed by atoms with van der Waals surface area (Å²) in [4.78, 5) is 13.9. The SMILES string of the molecule is NC(CCc1ccccc1)C(=O)N1CC=CCC1. The van der Waals surface area contributed by atoms with Gasteiger partial charge in [0, 0.05) is 13.1 Å². The molecule has 1 aliphatic rings. The smallest absolute Gasteiger partial charge is 0.239 e. The van der Waals surface area contributed by atoms with Crippen molar-refractivity contribution in [2.45, 2.75) is 25.3 Å². The number of amides is 1. The first-order chi connectivity index (χ1) is 8.77. The van der Waals surface area contributed by atoms with Crippen LogP contribution < -0.4 is 5.73 Å². The highest BCUT2D eigenvalue weighted by molar-refractivity contribution is 5.81. The van der Waals surface area contributed by atoms with Crippen LogP contribution in [0.4, 0.5) is 0 Å². The van der Waals surface area contributed by atoms with Gasteiger partial charge in [-0.25, -0.2) is 0 Å². The van der Waals surface area contributed by atoms with Crippen LogP contribution in [0.3, 0.4) is 0 Å². The van der Waals surface area contributed by atoms with Crippen LogP contribution in [0.2, 0.25) is 0 Å². The van der Waals surface area contributed by atoms with E-state index in [1.165, 1.54) is 5.56 Å². The molecule has 0 aromatic heterocycles. The Balaban J connectivity index is 1.82. The van der Waals surface area contributed by atoms with Crippen molar-refractivity contribution in [3.8, 4) is 0 Å². The zero-order valence-electron chi connectivity index (χ0n) is 10.6. The Hall–Kier alpha value is -1.61. The predicted molar refractivity (Wildman–Crippen MR) is 73.1 cm³/mol. The van der Waals surface area contributed by atoms with E-state index in [2.05, 4.69) is 18.2 Å². The van der Waals surface area contributed by atoms with E-state index in [9.17, 15) is 4.79 Å². The molecule has 1 unspecified atom stereocenters. The lowest BCUT2D eigenvalue weighted by atomic mass is 10.0. The molecule has 1 aromatic carbocycles. The molecule has 0 fully saturated rings. The third-order valence-corrected chi connectivity index (χ3v) is 3.27. The molecule has 0 spiro atoms. The second-order valence-electron chi connectivity index (χ2n) is 4.68. The van der Waals surface area contributed by atoms with Gasteiger partial charge in [-0.2, -0.15) is 0 Å². The third kappa shape index (κ3) is 3.44. The third-order valence-electron chi connectivity index (χ3n) is 3.27. The van der Waals surface area contributed by atoms with E-state index in [-0.39, 0.29) is 11.9 Å². The average Bonchev–Trinajstić information content (AvgIpc) is 2.46. The van der Waals surface area contributed by atoms with Gasteiger partial charge in [-0.15, -0.1) is 0 Å². The molecule has 1 atom stereocenters. The largest absolute Gasteiger partial charge is 0.337 e. The van der Waals surface area contributed by atoms with Crippen LogP contribution in [0.15, 0.2) is 42.5 Å². The number of benzene rings is 1. The maximum atomic E-state index is 12.1. The lowest BCUT2D eigenvalue weighted by Gasteiger charge is -2.26. The van der Waals surface area contributed by atoms with Gasteiger partial charge in [0.2, 0.25) is 5.91 Å². The maximum absolute atomic E-state index is 12.1. The zero-order chi connectivity index (χ0) is 12.8. The predicted octanol–water partition coefficient (Wildman–Crippen LogP) is 1.73. The first-order valence-electron chi connectivity index (χ1n) is 6.50. The van der Waals surface area contributed by atoms with Crippen molar-refractivity contribution in [2.75, 3.05) is 13.1 Å². The molecule has 0 aliphatic carbocycles. The van der Waals surface area contributed by atoms with Crippen molar-refractivity contribution < 1.29 is 4.79 Å². The van der Waals surface area contributed by atoms with Gasteiger partial charge in [0.1, 0.15) is 0 Å². The molecule has 3 nitrogen and oxygen atoms in total. The van der Waals surface area contributed by atoms with Crippen LogP contribution >= 0.6 is 0 Å². The minimum absolute atomic E-state index is 0.0790. The van der Waals surface area contributed by atoms with Crippen molar-refractivity contribution in [3.63, 3.8) is 0 Å². The Morgan fingerprint density at radius 1 is 1.28 bits per heavy atom. The molecule has 96 valence electrons. The van der Waals surface area contributed by atoms with Gasteiger partial charge in [-0.3, -0.25) is 4.79 Å². The van der Waals surface area contributed by atoms with Crippen LogP contribution in [0, 0.1) is 0 Å². The monoisotopic (exact) mass is 244 g/mol. The van der Waals surface area contributed by atoms with Crippen LogP contribution in [0.1, 0.15) is 18.4 Å². The minimum atomic E-state index is -0.378. The van der Waals surface area contributed by atoms with Crippen molar-refractivity contribution in [1.82, 2.24) is 4.90 Å². The Morgan fingerprint density at radius 3 is 2.72 bits per heavy atom. The highest BCUT2D eigenvalue weighted by Crippen LogP contribution is 2.08. The molecule has 3 heteroatoms. The van der Waals surface area contributed by atoms with Crippen molar-refractivity contribution in [3.05, 3.63) is 48.0 Å². The highest BCUT2D eigenvalue weighted by Gasteiger charge is 2.20. The fourth-order valence-corrected chi connectivity index (χ4v) is 2.17. The van der Waals surface area contributed by atoms with Gasteiger partial charge in [0.05, 0.1) is 6.04 Å². The van der Waals surface area contributed by atoms with E-state index in [0.29, 0.717) is 13.0 Å². The molecule has 18 heavy (non-hydrogen) atoms. The molecule has 1 heterocycles. The quantitative estimate of drug-likeness (QED) is 0.820. The van der Waals surface area contributed by atoms with E-state index in [1.54, 1.807) is 0 Å². The van der Waals surface area contributed by atoms with Crippen molar-refractivity contribution in [2.24, 2.45) is 5.73 Å². The van der Waals surface area contributed by atoms with Crippen LogP contribution in [0.25, 0.3) is 0 Å². The Morgan fingerprint density at radius 2 is 2.06 bits per heavy atom. The molecule has 1 aliphatic heterocycles. The highest BCUT2D eigenvalue weighted by atomic mass is 16.2. The maximum Gasteiger partial charge on any atom is 0.239 e. The van der Waals surface area contributed by atoms with Crippen molar-refractivity contribution in [1.29, 1.82) is 0 Å². The van der Waals surface area contributed by atoms with Crippen LogP contribution in [0.5, 0.6) is 0 Å². The number of aryl methyl sites for hydroxylation is 1. The summed E-state index contributed by atoms with van der Waals surface area (Å²) in [5.41, 5.74) is 7.22. The Labute approximate surface area is 108 Å². The van der Waals surface area contributed by atoms with Crippen molar-refractivity contribution >= 4 is 5.91 Å². The summed E-state index contributed by atoms with van der Waals surface area (Å²) in [7, 11) is 0. The van der Waals surface area contributed by atoms with Gasteiger partial charge < -0.3 is 10.6 Å². The number of hydrogen-bond donors (Lipinski definition) is 1. The number of hydrogen-bond acceptors (Lipinski definition) is 2. The number of carbonyl (C=O) groups excluding carboxylic acids is 1. The number of nitrogens with two attached hydrogens (primary N) is 1. The average molecular weight is 244 g/mol. The molecule has 0 bridgehead atoms. The fraction of sp³-hybridized carbons (Fsp3) is 0.400. The van der Waals surface area contributed by atoms with Crippen LogP contribution in [-0.2, 0) is 11.2 Å². The number of nitrogens with zero attached hydrogens (tertiary/aromatic N) is 1. The summed E-state index contributed by atoms with van der Waals surface area (Å²) >= 11 is 0. The summed E-state index contributed by atoms with van der Waals surface area (Å²) in [6.07, 6.45) is 6.65. The van der Waals surface area contributed by atoms with E-state index < -0.39 is 0 Å². The molecular formula is C15H20N2O. The second kappa shape index (κ2) is 6.36. The molecule has 0 radical (unpaired) electrons. The summed E-state index contributed by atoms with van der Waals surface area (Å²) in [5, 5.41) is 0. The van der Waals surface area contributed by atoms with Gasteiger partial charge in [-0.1, -0.05) is 42.5 Å². The molecule has 2 rings (SSSR count). The number of rotatable bonds is 4. The molecule has 1 aromatic rings. The van der Waals surface area contributed by atoms with Gasteiger partial charge in [0.25, 0.3) is 0 Å². The second-order valence-corrected chi connectivity index (χ2v) is 4.68. The Bertz CT molecular complexity index is 414. The van der Waals surface area contributed by atoms with Crippen LogP contribution in [-0.4, -0.2) is 29.9 Å². The van der Waals surface area contributed by atoms with E-state index in [1.807, 2.05) is 29.2 Å². The Kier molecular flexibility index (Phi) is 4.53. The lowest BCUT2D eigenvalue weighted by molar-refractivity contribution is -0.132. The standard InChI is InChI=1S/C15H20N2O/c16-14(10-9-13-7-3-1-4-8-13)15(18)17-11-5-2-6-12-17/h1-5,7-8,14H,6,9-12,16H2. The number of carbonyl (C=O) groups is 1. The molecule has 1 amide bonds. The molecular weight excluding hydrogens is 224 g/mol. The minimum Gasteiger partial charge on any atom is -0.337 e. The van der Waals surface area contributed by atoms with E-state index in [4.69, 9.17) is 5.73 Å². The molecule has 0 saturated carbocycles. The van der Waals surface area contributed by atoms with E-state index >= 15 is 0 Å². The van der Waals surface area contributed by atoms with Gasteiger partial charge in [0.15, 0.2) is 0 Å². The topological polar surface area (TPSA) is 46.3 Å². The zero-order valence-corrected chi connectivity index (χ0v) is 10.6. The van der Waals surface area contributed by atoms with Gasteiger partial charge in [-0.05, 0) is 24.8 Å². The first-order valence-corrected chi connectivity index (χ1v) is 6.50.